The second-order valence-corrected chi connectivity index (χ2v) is 7.79. The number of aryl methyl sites for hydroxylation is 1. The maximum Gasteiger partial charge on any atom is 0.337 e. The molecule has 0 saturated carbocycles. The van der Waals surface area contributed by atoms with Crippen molar-refractivity contribution in [2.24, 2.45) is 0 Å². The van der Waals surface area contributed by atoms with Crippen molar-refractivity contribution >= 4 is 17.6 Å². The van der Waals surface area contributed by atoms with Gasteiger partial charge in [0.05, 0.1) is 29.9 Å². The van der Waals surface area contributed by atoms with Gasteiger partial charge in [0, 0.05) is 12.7 Å². The number of hydrogen-bond donors (Lipinski definition) is 1. The van der Waals surface area contributed by atoms with E-state index >= 15 is 0 Å². The average Bonchev–Trinajstić information content (AvgIpc) is 3.29. The lowest BCUT2D eigenvalue weighted by Gasteiger charge is -2.12. The Morgan fingerprint density at radius 2 is 1.85 bits per heavy atom. The first-order valence-electron chi connectivity index (χ1n) is 10.1. The van der Waals surface area contributed by atoms with E-state index in [0.717, 1.165) is 27.8 Å². The predicted octanol–water partition coefficient (Wildman–Crippen LogP) is 5.89. The number of aromatic nitrogens is 2. The van der Waals surface area contributed by atoms with Crippen molar-refractivity contribution in [3.8, 4) is 39.7 Å². The number of rotatable bonds is 7. The smallest absolute Gasteiger partial charge is 0.337 e. The number of halogens is 1. The van der Waals surface area contributed by atoms with Gasteiger partial charge in [0.2, 0.25) is 5.82 Å². The molecule has 0 fully saturated rings. The molecule has 0 amide bonds. The second kappa shape index (κ2) is 9.44. The lowest BCUT2D eigenvalue weighted by Crippen LogP contribution is -2.00. The maximum atomic E-state index is 11.4. The van der Waals surface area contributed by atoms with Gasteiger partial charge >= 0.3 is 5.97 Å². The largest absolute Gasteiger partial charge is 0.496 e. The highest BCUT2D eigenvalue weighted by molar-refractivity contribution is 6.34. The van der Waals surface area contributed by atoms with Crippen molar-refractivity contribution in [1.29, 1.82) is 0 Å². The number of carboxylic acid groups (broad SMARTS) is 1. The van der Waals surface area contributed by atoms with Crippen LogP contribution in [0.5, 0.6) is 5.75 Å². The number of carbonyl (C=O) groups is 1. The van der Waals surface area contributed by atoms with Gasteiger partial charge in [-0.15, -0.1) is 0 Å². The predicted molar refractivity (Wildman–Crippen MR) is 125 cm³/mol. The van der Waals surface area contributed by atoms with Crippen LogP contribution in [0.15, 0.2) is 59.1 Å². The SMILES string of the molecule is COCc1cc(-c2nc(-c3cc(Cl)c(C(=O)O)cc3OC)no2)ccc1-c1ccccc1C. The number of aromatic carboxylic acids is 1. The Bertz CT molecular complexity index is 1330. The van der Waals surface area contributed by atoms with Crippen molar-refractivity contribution in [2.45, 2.75) is 13.5 Å². The lowest BCUT2D eigenvalue weighted by molar-refractivity contribution is 0.0696. The fraction of sp³-hybridized carbons (Fsp3) is 0.160. The summed E-state index contributed by atoms with van der Waals surface area (Å²) in [6.45, 7) is 2.48. The average molecular weight is 465 g/mol. The van der Waals surface area contributed by atoms with Crippen molar-refractivity contribution in [3.05, 3.63) is 76.3 Å². The highest BCUT2D eigenvalue weighted by Gasteiger charge is 2.20. The highest BCUT2D eigenvalue weighted by Crippen LogP contribution is 2.35. The molecular weight excluding hydrogens is 444 g/mol. The van der Waals surface area contributed by atoms with Gasteiger partial charge in [-0.2, -0.15) is 4.98 Å². The van der Waals surface area contributed by atoms with E-state index in [9.17, 15) is 9.90 Å². The van der Waals surface area contributed by atoms with E-state index in [0.29, 0.717) is 18.1 Å². The summed E-state index contributed by atoms with van der Waals surface area (Å²) in [7, 11) is 3.08. The van der Waals surface area contributed by atoms with Gasteiger partial charge < -0.3 is 19.1 Å². The van der Waals surface area contributed by atoms with Gasteiger partial charge in [0.25, 0.3) is 5.89 Å². The number of hydrogen-bond acceptors (Lipinski definition) is 6. The molecule has 0 aliphatic rings. The molecule has 0 spiro atoms. The van der Waals surface area contributed by atoms with Gasteiger partial charge in [-0.1, -0.05) is 47.1 Å². The van der Waals surface area contributed by atoms with Crippen molar-refractivity contribution in [3.63, 3.8) is 0 Å². The standard InChI is InChI=1S/C25H21ClN2O5/c1-14-6-4-5-7-17(14)18-9-8-15(10-16(18)13-31-2)24-27-23(28-33-24)20-11-21(26)19(25(29)30)12-22(20)32-3/h4-12H,13H2,1-3H3,(H,29,30). The van der Waals surface area contributed by atoms with Crippen molar-refractivity contribution in [2.75, 3.05) is 14.2 Å². The summed E-state index contributed by atoms with van der Waals surface area (Å²) >= 11 is 6.13. The number of benzene rings is 3. The molecule has 168 valence electrons. The molecule has 0 unspecified atom stereocenters. The Labute approximate surface area is 195 Å². The van der Waals surface area contributed by atoms with Crippen molar-refractivity contribution in [1.82, 2.24) is 10.1 Å². The topological polar surface area (TPSA) is 94.7 Å². The molecule has 1 aromatic heterocycles. The molecular formula is C25H21ClN2O5. The molecule has 0 atom stereocenters. The zero-order valence-electron chi connectivity index (χ0n) is 18.3. The summed E-state index contributed by atoms with van der Waals surface area (Å²) in [4.78, 5) is 15.9. The zero-order valence-corrected chi connectivity index (χ0v) is 19.0. The molecule has 3 aromatic carbocycles. The van der Waals surface area contributed by atoms with Crippen LogP contribution < -0.4 is 4.74 Å². The zero-order chi connectivity index (χ0) is 23.5. The monoisotopic (exact) mass is 464 g/mol. The van der Waals surface area contributed by atoms with Gasteiger partial charge in [0.1, 0.15) is 5.75 Å². The van der Waals surface area contributed by atoms with Crippen LogP contribution in [0, 0.1) is 6.92 Å². The van der Waals surface area contributed by atoms with Crippen molar-refractivity contribution < 1.29 is 23.9 Å². The van der Waals surface area contributed by atoms with Crippen LogP contribution in [0.2, 0.25) is 5.02 Å². The normalized spacial score (nSPS) is 10.9. The highest BCUT2D eigenvalue weighted by atomic mass is 35.5. The molecule has 0 radical (unpaired) electrons. The quantitative estimate of drug-likeness (QED) is 0.364. The summed E-state index contributed by atoms with van der Waals surface area (Å²) in [5.41, 5.74) is 5.42. The lowest BCUT2D eigenvalue weighted by atomic mass is 9.94. The first-order valence-corrected chi connectivity index (χ1v) is 10.4. The number of carboxylic acids is 1. The summed E-state index contributed by atoms with van der Waals surface area (Å²) in [5.74, 6) is -0.340. The Morgan fingerprint density at radius 3 is 2.55 bits per heavy atom. The maximum absolute atomic E-state index is 11.4. The molecule has 1 N–H and O–H groups in total. The summed E-state index contributed by atoms with van der Waals surface area (Å²) in [6, 6.07) is 16.8. The minimum Gasteiger partial charge on any atom is -0.496 e. The first-order chi connectivity index (χ1) is 15.9. The molecule has 0 aliphatic carbocycles. The molecule has 8 heteroatoms. The fourth-order valence-electron chi connectivity index (χ4n) is 3.65. The van der Waals surface area contributed by atoms with E-state index in [1.54, 1.807) is 7.11 Å². The second-order valence-electron chi connectivity index (χ2n) is 7.38. The molecule has 33 heavy (non-hydrogen) atoms. The Balaban J connectivity index is 1.75. The molecule has 0 saturated heterocycles. The third-order valence-corrected chi connectivity index (χ3v) is 5.59. The van der Waals surface area contributed by atoms with Crippen LogP contribution in [-0.4, -0.2) is 35.4 Å². The van der Waals surface area contributed by atoms with Gasteiger partial charge in [0.15, 0.2) is 0 Å². The van der Waals surface area contributed by atoms with Crippen LogP contribution >= 0.6 is 11.6 Å². The number of nitrogens with zero attached hydrogens (tertiary/aromatic N) is 2. The van der Waals surface area contributed by atoms with E-state index < -0.39 is 5.97 Å². The molecule has 0 aliphatic heterocycles. The van der Waals surface area contributed by atoms with Gasteiger partial charge in [-0.05, 0) is 53.4 Å². The summed E-state index contributed by atoms with van der Waals surface area (Å²) in [6.07, 6.45) is 0. The van der Waals surface area contributed by atoms with E-state index in [1.807, 2.05) is 30.3 Å². The Kier molecular flexibility index (Phi) is 6.44. The van der Waals surface area contributed by atoms with Crippen LogP contribution in [0.3, 0.4) is 0 Å². The summed E-state index contributed by atoms with van der Waals surface area (Å²) < 4.78 is 16.3. The van der Waals surface area contributed by atoms with Crippen LogP contribution in [0.4, 0.5) is 0 Å². The van der Waals surface area contributed by atoms with E-state index in [-0.39, 0.29) is 22.2 Å². The summed E-state index contributed by atoms with van der Waals surface area (Å²) in [5, 5.41) is 13.4. The molecule has 4 aromatic rings. The molecule has 4 rings (SSSR count). The van der Waals surface area contributed by atoms with Crippen LogP contribution in [0.1, 0.15) is 21.5 Å². The first kappa shape index (κ1) is 22.5. The minimum absolute atomic E-state index is 0.0506. The Morgan fingerprint density at radius 1 is 1.06 bits per heavy atom. The van der Waals surface area contributed by atoms with Crippen LogP contribution in [0.25, 0.3) is 34.0 Å². The molecule has 0 bridgehead atoms. The van der Waals surface area contributed by atoms with Crippen LogP contribution in [-0.2, 0) is 11.3 Å². The minimum atomic E-state index is -1.15. The third kappa shape index (κ3) is 4.46. The molecule has 7 nitrogen and oxygen atoms in total. The number of methoxy groups -OCH3 is 2. The fourth-order valence-corrected chi connectivity index (χ4v) is 3.90. The Hall–Kier alpha value is -3.68. The van der Waals surface area contributed by atoms with E-state index in [4.69, 9.17) is 25.6 Å². The third-order valence-electron chi connectivity index (χ3n) is 5.27. The van der Waals surface area contributed by atoms with Gasteiger partial charge in [-0.3, -0.25) is 0 Å². The van der Waals surface area contributed by atoms with Gasteiger partial charge in [-0.25, -0.2) is 4.79 Å². The number of ether oxygens (including phenoxy) is 2. The molecule has 1 heterocycles. The van der Waals surface area contributed by atoms with E-state index in [2.05, 4.69) is 29.2 Å². The van der Waals surface area contributed by atoms with E-state index in [1.165, 1.54) is 19.2 Å².